The molecule has 3 aromatic rings. The minimum absolute atomic E-state index is 0.0255. The molecule has 1 saturated heterocycles. The molecule has 9 heteroatoms. The zero-order chi connectivity index (χ0) is 24.6. The van der Waals surface area contributed by atoms with Crippen LogP contribution in [-0.4, -0.2) is 77.3 Å². The van der Waals surface area contributed by atoms with Crippen LogP contribution in [0.3, 0.4) is 0 Å². The monoisotopic (exact) mass is 477 g/mol. The van der Waals surface area contributed by atoms with Crippen LogP contribution in [0.1, 0.15) is 41.5 Å². The number of amides is 2. The van der Waals surface area contributed by atoms with Crippen molar-refractivity contribution in [2.75, 3.05) is 40.5 Å². The average molecular weight is 478 g/mol. The third-order valence-electron chi connectivity index (χ3n) is 6.09. The first-order valence-corrected chi connectivity index (χ1v) is 11.8. The molecule has 184 valence electrons. The summed E-state index contributed by atoms with van der Waals surface area (Å²) in [6.45, 7) is 1.60. The van der Waals surface area contributed by atoms with Crippen molar-refractivity contribution < 1.29 is 19.1 Å². The van der Waals surface area contributed by atoms with Gasteiger partial charge in [0.05, 0.1) is 12.6 Å². The second-order valence-corrected chi connectivity index (χ2v) is 8.55. The molecule has 0 saturated carbocycles. The number of hydrogen-bond acceptors (Lipinski definition) is 6. The minimum Gasteiger partial charge on any atom is -0.484 e. The summed E-state index contributed by atoms with van der Waals surface area (Å²) < 4.78 is 10.7. The Balaban J connectivity index is 1.46. The van der Waals surface area contributed by atoms with Crippen LogP contribution in [0, 0.1) is 0 Å². The van der Waals surface area contributed by atoms with E-state index >= 15 is 0 Å². The van der Waals surface area contributed by atoms with E-state index in [0.717, 1.165) is 24.8 Å². The predicted octanol–water partition coefficient (Wildman–Crippen LogP) is 3.32. The first-order chi connectivity index (χ1) is 17.1. The standard InChI is InChI=1S/C26H31N5O4/c1-30(15-16-34-2)26(33)20-10-8-9-19(17-20)24-27-25(29-28-24)22-13-6-7-14-31(22)23(32)18-35-21-11-4-3-5-12-21/h3-5,8-12,17,22H,6-7,13-16,18H2,1-2H3,(H,27,28,29). The third kappa shape index (κ3) is 6.05. The van der Waals surface area contributed by atoms with E-state index in [1.807, 2.05) is 47.4 Å². The molecular formula is C26H31N5O4. The van der Waals surface area contributed by atoms with Crippen molar-refractivity contribution in [3.05, 3.63) is 66.0 Å². The van der Waals surface area contributed by atoms with Gasteiger partial charge in [-0.05, 0) is 43.5 Å². The van der Waals surface area contributed by atoms with Gasteiger partial charge in [0.15, 0.2) is 12.4 Å². The molecule has 9 nitrogen and oxygen atoms in total. The van der Waals surface area contributed by atoms with Crippen molar-refractivity contribution in [2.45, 2.75) is 25.3 Å². The van der Waals surface area contributed by atoms with Gasteiger partial charge < -0.3 is 19.3 Å². The van der Waals surface area contributed by atoms with Crippen molar-refractivity contribution in [1.82, 2.24) is 25.0 Å². The molecule has 2 aromatic carbocycles. The zero-order valence-electron chi connectivity index (χ0n) is 20.1. The summed E-state index contributed by atoms with van der Waals surface area (Å²) in [6, 6.07) is 16.4. The Bertz CT molecular complexity index is 1130. The van der Waals surface area contributed by atoms with Gasteiger partial charge in [-0.3, -0.25) is 14.7 Å². The number of methoxy groups -OCH3 is 1. The summed E-state index contributed by atoms with van der Waals surface area (Å²) >= 11 is 0. The highest BCUT2D eigenvalue weighted by Crippen LogP contribution is 2.30. The van der Waals surface area contributed by atoms with Crippen LogP contribution < -0.4 is 4.74 Å². The maximum atomic E-state index is 13.0. The van der Waals surface area contributed by atoms with E-state index in [2.05, 4.69) is 10.2 Å². The molecule has 0 aliphatic carbocycles. The molecule has 1 unspecified atom stereocenters. The largest absolute Gasteiger partial charge is 0.484 e. The van der Waals surface area contributed by atoms with Gasteiger partial charge in [0.2, 0.25) is 0 Å². The average Bonchev–Trinajstić information content (AvgIpc) is 3.41. The number of likely N-dealkylation sites (N-methyl/N-ethyl adjacent to an activating group) is 1. The van der Waals surface area contributed by atoms with E-state index < -0.39 is 0 Å². The molecule has 35 heavy (non-hydrogen) atoms. The van der Waals surface area contributed by atoms with E-state index in [1.165, 1.54) is 0 Å². The molecular weight excluding hydrogens is 446 g/mol. The summed E-state index contributed by atoms with van der Waals surface area (Å²) in [6.07, 6.45) is 2.74. The number of piperidine rings is 1. The Hall–Kier alpha value is -3.72. The molecule has 2 amide bonds. The number of benzene rings is 2. The van der Waals surface area contributed by atoms with Gasteiger partial charge in [0.1, 0.15) is 11.6 Å². The Morgan fingerprint density at radius 2 is 1.97 bits per heavy atom. The fraction of sp³-hybridized carbons (Fsp3) is 0.385. The van der Waals surface area contributed by atoms with E-state index in [0.29, 0.717) is 42.7 Å². The summed E-state index contributed by atoms with van der Waals surface area (Å²) in [7, 11) is 3.35. The first kappa shape index (κ1) is 24.4. The van der Waals surface area contributed by atoms with Gasteiger partial charge in [0, 0.05) is 38.4 Å². The van der Waals surface area contributed by atoms with Crippen LogP contribution in [0.4, 0.5) is 0 Å². The van der Waals surface area contributed by atoms with Crippen LogP contribution in [-0.2, 0) is 9.53 Å². The van der Waals surface area contributed by atoms with Crippen LogP contribution in [0.5, 0.6) is 5.75 Å². The number of para-hydroxylation sites is 1. The number of carbonyl (C=O) groups excluding carboxylic acids is 2. The lowest BCUT2D eigenvalue weighted by Crippen LogP contribution is -2.41. The summed E-state index contributed by atoms with van der Waals surface area (Å²) in [5.41, 5.74) is 1.29. The van der Waals surface area contributed by atoms with Gasteiger partial charge in [-0.25, -0.2) is 4.98 Å². The van der Waals surface area contributed by atoms with Crippen molar-refractivity contribution in [3.8, 4) is 17.1 Å². The Kier molecular flexibility index (Phi) is 8.10. The number of hydrogen-bond donors (Lipinski definition) is 1. The molecule has 1 N–H and O–H groups in total. The molecule has 1 aliphatic heterocycles. The second-order valence-electron chi connectivity index (χ2n) is 8.55. The number of nitrogens with one attached hydrogen (secondary N) is 1. The lowest BCUT2D eigenvalue weighted by Gasteiger charge is -2.34. The first-order valence-electron chi connectivity index (χ1n) is 11.8. The fourth-order valence-corrected chi connectivity index (χ4v) is 4.15. The van der Waals surface area contributed by atoms with E-state index in [1.54, 1.807) is 31.2 Å². The van der Waals surface area contributed by atoms with Gasteiger partial charge in [-0.1, -0.05) is 30.3 Å². The smallest absolute Gasteiger partial charge is 0.261 e. The summed E-state index contributed by atoms with van der Waals surface area (Å²) in [4.78, 5) is 33.9. The van der Waals surface area contributed by atoms with Gasteiger partial charge in [-0.15, -0.1) is 0 Å². The number of aromatic nitrogens is 3. The van der Waals surface area contributed by atoms with Gasteiger partial charge >= 0.3 is 0 Å². The normalized spacial score (nSPS) is 15.6. The summed E-state index contributed by atoms with van der Waals surface area (Å²) in [5, 5.41) is 7.42. The number of ether oxygens (including phenoxy) is 2. The number of carbonyl (C=O) groups is 2. The van der Waals surface area contributed by atoms with E-state index in [4.69, 9.17) is 14.5 Å². The maximum absolute atomic E-state index is 13.0. The number of likely N-dealkylation sites (tertiary alicyclic amines) is 1. The highest BCUT2D eigenvalue weighted by atomic mass is 16.5. The second kappa shape index (κ2) is 11.6. The molecule has 1 aromatic heterocycles. The van der Waals surface area contributed by atoms with Crippen LogP contribution >= 0.6 is 0 Å². The number of aromatic amines is 1. The van der Waals surface area contributed by atoms with Crippen molar-refractivity contribution >= 4 is 11.8 Å². The molecule has 0 radical (unpaired) electrons. The lowest BCUT2D eigenvalue weighted by molar-refractivity contribution is -0.137. The van der Waals surface area contributed by atoms with Gasteiger partial charge in [0.25, 0.3) is 11.8 Å². The molecule has 2 heterocycles. The van der Waals surface area contributed by atoms with Crippen LogP contribution in [0.25, 0.3) is 11.4 Å². The maximum Gasteiger partial charge on any atom is 0.261 e. The topological polar surface area (TPSA) is 101 Å². The van der Waals surface area contributed by atoms with E-state index in [-0.39, 0.29) is 24.5 Å². The highest BCUT2D eigenvalue weighted by molar-refractivity contribution is 5.95. The SMILES string of the molecule is COCCN(C)C(=O)c1cccc(-c2n[nH]c(C3CCCCN3C(=O)COc3ccccc3)n2)c1. The van der Waals surface area contributed by atoms with Crippen LogP contribution in [0.2, 0.25) is 0 Å². The number of nitrogens with zero attached hydrogens (tertiary/aromatic N) is 4. The lowest BCUT2D eigenvalue weighted by atomic mass is 10.0. The van der Waals surface area contributed by atoms with Crippen molar-refractivity contribution in [3.63, 3.8) is 0 Å². The molecule has 4 rings (SSSR count). The van der Waals surface area contributed by atoms with Crippen LogP contribution in [0.15, 0.2) is 54.6 Å². The third-order valence-corrected chi connectivity index (χ3v) is 6.09. The predicted molar refractivity (Wildman–Crippen MR) is 131 cm³/mol. The minimum atomic E-state index is -0.193. The Labute approximate surface area is 205 Å². The zero-order valence-corrected chi connectivity index (χ0v) is 20.1. The number of rotatable bonds is 9. The summed E-state index contributed by atoms with van der Waals surface area (Å²) in [5.74, 6) is 1.62. The number of H-pyrrole nitrogens is 1. The highest BCUT2D eigenvalue weighted by Gasteiger charge is 2.31. The van der Waals surface area contributed by atoms with Crippen molar-refractivity contribution in [1.29, 1.82) is 0 Å². The van der Waals surface area contributed by atoms with E-state index in [9.17, 15) is 9.59 Å². The molecule has 0 bridgehead atoms. The Morgan fingerprint density at radius 1 is 1.14 bits per heavy atom. The molecule has 1 aliphatic rings. The van der Waals surface area contributed by atoms with Gasteiger partial charge in [-0.2, -0.15) is 5.10 Å². The molecule has 1 atom stereocenters. The quantitative estimate of drug-likeness (QED) is 0.507. The Morgan fingerprint density at radius 3 is 2.77 bits per heavy atom. The van der Waals surface area contributed by atoms with Crippen molar-refractivity contribution in [2.24, 2.45) is 0 Å². The molecule has 1 fully saturated rings. The fourth-order valence-electron chi connectivity index (χ4n) is 4.15. The molecule has 0 spiro atoms.